The lowest BCUT2D eigenvalue weighted by Crippen LogP contribution is -2.53. The molecule has 2 rings (SSSR count). The Balaban J connectivity index is 2.25. The van der Waals surface area contributed by atoms with Crippen molar-refractivity contribution in [1.82, 2.24) is 10.3 Å². The van der Waals surface area contributed by atoms with Gasteiger partial charge in [0.05, 0.1) is 0 Å². The Morgan fingerprint density at radius 2 is 2.24 bits per heavy atom. The van der Waals surface area contributed by atoms with Gasteiger partial charge in [-0.15, -0.1) is 0 Å². The number of anilines is 1. The maximum Gasteiger partial charge on any atom is 0.245 e. The molecule has 0 radical (unpaired) electrons. The quantitative estimate of drug-likeness (QED) is 0.862. The van der Waals surface area contributed by atoms with Gasteiger partial charge < -0.3 is 10.2 Å². The minimum Gasteiger partial charge on any atom is -0.357 e. The summed E-state index contributed by atoms with van der Waals surface area (Å²) in [6.45, 7) is 5.58. The average molecular weight is 233 g/mol. The second-order valence-corrected chi connectivity index (χ2v) is 4.59. The zero-order valence-electron chi connectivity index (χ0n) is 10.4. The molecule has 4 nitrogen and oxygen atoms in total. The number of carbonyl (C=O) groups excluding carboxylic acids is 1. The molecule has 17 heavy (non-hydrogen) atoms. The number of pyridine rings is 1. The molecular weight excluding hydrogens is 214 g/mol. The zero-order valence-corrected chi connectivity index (χ0v) is 10.4. The Morgan fingerprint density at radius 3 is 2.88 bits per heavy atom. The summed E-state index contributed by atoms with van der Waals surface area (Å²) < 4.78 is 0. The van der Waals surface area contributed by atoms with Crippen molar-refractivity contribution in [2.45, 2.75) is 32.2 Å². The first kappa shape index (κ1) is 11.9. The summed E-state index contributed by atoms with van der Waals surface area (Å²) in [7, 11) is 0. The molecule has 1 aromatic rings. The number of nitrogens with one attached hydrogen (secondary N) is 1. The molecule has 1 atom stereocenters. The highest BCUT2D eigenvalue weighted by Gasteiger charge is 2.42. The van der Waals surface area contributed by atoms with E-state index in [0.717, 1.165) is 25.1 Å². The summed E-state index contributed by atoms with van der Waals surface area (Å²) in [5.74, 6) is 0.120. The molecule has 4 heteroatoms. The number of likely N-dealkylation sites (N-methyl/N-ethyl adjacent to an activating group) is 1. The second kappa shape index (κ2) is 4.73. The predicted octanol–water partition coefficient (Wildman–Crippen LogP) is 1.58. The van der Waals surface area contributed by atoms with Gasteiger partial charge in [0.1, 0.15) is 5.54 Å². The minimum atomic E-state index is -0.419. The van der Waals surface area contributed by atoms with Crippen molar-refractivity contribution in [2.24, 2.45) is 0 Å². The molecular formula is C13H19N3O. The third-order valence-electron chi connectivity index (χ3n) is 3.44. The molecule has 0 bridgehead atoms. The number of carbonyl (C=O) groups is 1. The SMILES string of the molecule is CCNC(=O)C1(C)CCCN1c1ccncc1. The first-order valence-electron chi connectivity index (χ1n) is 6.14. The number of rotatable bonds is 3. The van der Waals surface area contributed by atoms with E-state index < -0.39 is 5.54 Å². The Labute approximate surface area is 102 Å². The third kappa shape index (κ3) is 2.12. The van der Waals surface area contributed by atoms with Crippen LogP contribution in [0, 0.1) is 0 Å². The van der Waals surface area contributed by atoms with Crippen LogP contribution in [0.2, 0.25) is 0 Å². The van der Waals surface area contributed by atoms with Crippen LogP contribution in [0.15, 0.2) is 24.5 Å². The van der Waals surface area contributed by atoms with Gasteiger partial charge in [0.15, 0.2) is 0 Å². The highest BCUT2D eigenvalue weighted by molar-refractivity contribution is 5.90. The summed E-state index contributed by atoms with van der Waals surface area (Å²) >= 11 is 0. The van der Waals surface area contributed by atoms with Crippen LogP contribution in [0.25, 0.3) is 0 Å². The first-order valence-corrected chi connectivity index (χ1v) is 6.14. The zero-order chi connectivity index (χ0) is 12.3. The average Bonchev–Trinajstić information content (AvgIpc) is 2.74. The normalized spacial score (nSPS) is 23.8. The monoisotopic (exact) mass is 233 g/mol. The van der Waals surface area contributed by atoms with Crippen LogP contribution in [0.5, 0.6) is 0 Å². The molecule has 0 aliphatic carbocycles. The van der Waals surface area contributed by atoms with Crippen LogP contribution in [-0.2, 0) is 4.79 Å². The second-order valence-electron chi connectivity index (χ2n) is 4.59. The first-order chi connectivity index (χ1) is 8.18. The van der Waals surface area contributed by atoms with Gasteiger partial charge in [-0.3, -0.25) is 9.78 Å². The Hall–Kier alpha value is -1.58. The van der Waals surface area contributed by atoms with Crippen LogP contribution in [0.4, 0.5) is 5.69 Å². The maximum absolute atomic E-state index is 12.2. The van der Waals surface area contributed by atoms with Crippen molar-refractivity contribution in [3.05, 3.63) is 24.5 Å². The van der Waals surface area contributed by atoms with Gasteiger partial charge in [0.2, 0.25) is 5.91 Å². The molecule has 0 spiro atoms. The molecule has 1 saturated heterocycles. The summed E-state index contributed by atoms with van der Waals surface area (Å²) in [6, 6.07) is 3.92. The van der Waals surface area contributed by atoms with Crippen LogP contribution < -0.4 is 10.2 Å². The molecule has 1 aliphatic heterocycles. The van der Waals surface area contributed by atoms with Gasteiger partial charge in [-0.1, -0.05) is 0 Å². The largest absolute Gasteiger partial charge is 0.357 e. The lowest BCUT2D eigenvalue weighted by atomic mass is 9.97. The smallest absolute Gasteiger partial charge is 0.245 e. The molecule has 2 heterocycles. The highest BCUT2D eigenvalue weighted by Crippen LogP contribution is 2.33. The fraction of sp³-hybridized carbons (Fsp3) is 0.538. The van der Waals surface area contributed by atoms with Crippen molar-refractivity contribution in [2.75, 3.05) is 18.0 Å². The summed E-state index contributed by atoms with van der Waals surface area (Å²) in [5.41, 5.74) is 0.656. The molecule has 0 aromatic carbocycles. The third-order valence-corrected chi connectivity index (χ3v) is 3.44. The number of nitrogens with zero attached hydrogens (tertiary/aromatic N) is 2. The van der Waals surface area contributed by atoms with E-state index in [4.69, 9.17) is 0 Å². The van der Waals surface area contributed by atoms with Crippen LogP contribution in [0.3, 0.4) is 0 Å². The lowest BCUT2D eigenvalue weighted by molar-refractivity contribution is -0.125. The molecule has 1 unspecified atom stereocenters. The lowest BCUT2D eigenvalue weighted by Gasteiger charge is -2.35. The highest BCUT2D eigenvalue weighted by atomic mass is 16.2. The number of hydrogen-bond donors (Lipinski definition) is 1. The van der Waals surface area contributed by atoms with Crippen molar-refractivity contribution in [3.63, 3.8) is 0 Å². The van der Waals surface area contributed by atoms with E-state index in [9.17, 15) is 4.79 Å². The van der Waals surface area contributed by atoms with Gasteiger partial charge in [-0.25, -0.2) is 0 Å². The van der Waals surface area contributed by atoms with Crippen LogP contribution >= 0.6 is 0 Å². The summed E-state index contributed by atoms with van der Waals surface area (Å²) in [5, 5.41) is 2.93. The number of hydrogen-bond acceptors (Lipinski definition) is 3. The molecule has 1 amide bonds. The fourth-order valence-corrected chi connectivity index (χ4v) is 2.49. The molecule has 92 valence electrons. The Kier molecular flexibility index (Phi) is 3.31. The van der Waals surface area contributed by atoms with Gasteiger partial charge in [-0.05, 0) is 38.8 Å². The molecule has 1 aromatic heterocycles. The Morgan fingerprint density at radius 1 is 1.53 bits per heavy atom. The van der Waals surface area contributed by atoms with Crippen molar-refractivity contribution in [3.8, 4) is 0 Å². The van der Waals surface area contributed by atoms with Crippen molar-refractivity contribution >= 4 is 11.6 Å². The van der Waals surface area contributed by atoms with Crippen LogP contribution in [-0.4, -0.2) is 29.5 Å². The summed E-state index contributed by atoms with van der Waals surface area (Å²) in [6.07, 6.45) is 5.49. The molecule has 1 aliphatic rings. The topological polar surface area (TPSA) is 45.2 Å². The minimum absolute atomic E-state index is 0.120. The van der Waals surface area contributed by atoms with E-state index in [1.165, 1.54) is 0 Å². The maximum atomic E-state index is 12.2. The summed E-state index contributed by atoms with van der Waals surface area (Å²) in [4.78, 5) is 18.4. The van der Waals surface area contributed by atoms with E-state index in [2.05, 4.69) is 15.2 Å². The number of amides is 1. The van der Waals surface area contributed by atoms with Crippen molar-refractivity contribution in [1.29, 1.82) is 0 Å². The van der Waals surface area contributed by atoms with Crippen molar-refractivity contribution < 1.29 is 4.79 Å². The van der Waals surface area contributed by atoms with Gasteiger partial charge in [0, 0.05) is 31.2 Å². The van der Waals surface area contributed by atoms with Gasteiger partial charge in [-0.2, -0.15) is 0 Å². The van der Waals surface area contributed by atoms with E-state index in [1.54, 1.807) is 12.4 Å². The Bertz CT molecular complexity index is 393. The van der Waals surface area contributed by atoms with E-state index in [0.29, 0.717) is 6.54 Å². The van der Waals surface area contributed by atoms with E-state index in [1.807, 2.05) is 26.0 Å². The number of aromatic nitrogens is 1. The molecule has 1 fully saturated rings. The van der Waals surface area contributed by atoms with Gasteiger partial charge in [0.25, 0.3) is 0 Å². The molecule has 1 N–H and O–H groups in total. The van der Waals surface area contributed by atoms with Gasteiger partial charge >= 0.3 is 0 Å². The van der Waals surface area contributed by atoms with E-state index in [-0.39, 0.29) is 5.91 Å². The van der Waals surface area contributed by atoms with E-state index >= 15 is 0 Å². The van der Waals surface area contributed by atoms with Crippen LogP contribution in [0.1, 0.15) is 26.7 Å². The standard InChI is InChI=1S/C13H19N3O/c1-3-15-12(17)13(2)7-4-10-16(13)11-5-8-14-9-6-11/h5-6,8-9H,3-4,7,10H2,1-2H3,(H,15,17). The predicted molar refractivity (Wildman–Crippen MR) is 67.9 cm³/mol. The molecule has 0 saturated carbocycles. The fourth-order valence-electron chi connectivity index (χ4n) is 2.49.